The molecule has 6 heteroatoms. The van der Waals surface area contributed by atoms with Gasteiger partial charge in [-0.2, -0.15) is 5.26 Å². The number of benzene rings is 1. The molecule has 1 aromatic rings. The highest BCUT2D eigenvalue weighted by Crippen LogP contribution is 2.23. The molecule has 0 aliphatic heterocycles. The third kappa shape index (κ3) is 3.99. The molecule has 96 valence electrons. The Hall–Kier alpha value is -1.64. The number of nitrogens with zero attached hydrogens (tertiary/aromatic N) is 3. The van der Waals surface area contributed by atoms with Gasteiger partial charge in [-0.3, -0.25) is 15.0 Å². The highest BCUT2D eigenvalue weighted by molar-refractivity contribution is 6.31. The molecule has 1 rings (SSSR count). The molecule has 0 spiro atoms. The Bertz CT molecular complexity index is 471. The number of nitriles is 1. The Kier molecular flexibility index (Phi) is 5.56. The minimum absolute atomic E-state index is 0.0331. The maximum absolute atomic E-state index is 10.7. The molecule has 0 saturated heterocycles. The second kappa shape index (κ2) is 6.94. The van der Waals surface area contributed by atoms with E-state index in [9.17, 15) is 10.1 Å². The van der Waals surface area contributed by atoms with Crippen molar-refractivity contribution in [2.24, 2.45) is 0 Å². The molecule has 0 unspecified atom stereocenters. The lowest BCUT2D eigenvalue weighted by Gasteiger charge is -2.19. The fourth-order valence-electron chi connectivity index (χ4n) is 1.59. The fourth-order valence-corrected chi connectivity index (χ4v) is 1.77. The minimum Gasteiger partial charge on any atom is -0.298 e. The van der Waals surface area contributed by atoms with E-state index in [1.807, 2.05) is 11.8 Å². The molecule has 0 saturated carbocycles. The van der Waals surface area contributed by atoms with Gasteiger partial charge in [0.25, 0.3) is 5.69 Å². The van der Waals surface area contributed by atoms with Crippen LogP contribution in [0, 0.1) is 21.4 Å². The fraction of sp³-hybridized carbons (Fsp3) is 0.417. The normalized spacial score (nSPS) is 10.3. The summed E-state index contributed by atoms with van der Waals surface area (Å²) < 4.78 is 0. The van der Waals surface area contributed by atoms with Crippen molar-refractivity contribution in [3.63, 3.8) is 0 Å². The molecule has 18 heavy (non-hydrogen) atoms. The van der Waals surface area contributed by atoms with E-state index in [4.69, 9.17) is 16.9 Å². The van der Waals surface area contributed by atoms with Crippen LogP contribution in [0.25, 0.3) is 0 Å². The topological polar surface area (TPSA) is 70.2 Å². The van der Waals surface area contributed by atoms with Gasteiger partial charge in [-0.15, -0.1) is 0 Å². The average molecular weight is 268 g/mol. The number of nitro benzene ring substituents is 1. The van der Waals surface area contributed by atoms with Crippen LogP contribution >= 0.6 is 11.6 Å². The molecule has 0 N–H and O–H groups in total. The van der Waals surface area contributed by atoms with Crippen LogP contribution < -0.4 is 0 Å². The van der Waals surface area contributed by atoms with Crippen molar-refractivity contribution in [3.8, 4) is 6.07 Å². The summed E-state index contributed by atoms with van der Waals surface area (Å²) in [6.45, 7) is 3.88. The molecule has 0 heterocycles. The Labute approximate surface area is 111 Å². The van der Waals surface area contributed by atoms with Crippen LogP contribution in [0.4, 0.5) is 5.69 Å². The predicted molar refractivity (Wildman–Crippen MR) is 69.3 cm³/mol. The average Bonchev–Trinajstić information content (AvgIpc) is 2.36. The monoisotopic (exact) mass is 267 g/mol. The van der Waals surface area contributed by atoms with Crippen LogP contribution in [0.2, 0.25) is 5.02 Å². The molecule has 0 aliphatic rings. The van der Waals surface area contributed by atoms with Gasteiger partial charge in [0, 0.05) is 36.7 Å². The summed E-state index contributed by atoms with van der Waals surface area (Å²) >= 11 is 6.02. The number of non-ortho nitro benzene ring substituents is 1. The van der Waals surface area contributed by atoms with Gasteiger partial charge in [0.15, 0.2) is 0 Å². The number of nitro groups is 1. The van der Waals surface area contributed by atoms with Gasteiger partial charge >= 0.3 is 0 Å². The molecule has 0 atom stereocenters. The van der Waals surface area contributed by atoms with Crippen LogP contribution in [0.3, 0.4) is 0 Å². The summed E-state index contributed by atoms with van der Waals surface area (Å²) in [4.78, 5) is 12.3. The Balaban J connectivity index is 2.84. The largest absolute Gasteiger partial charge is 0.298 e. The number of hydrogen-bond acceptors (Lipinski definition) is 4. The number of hydrogen-bond donors (Lipinski definition) is 0. The molecule has 1 aromatic carbocycles. The Morgan fingerprint density at radius 1 is 1.56 bits per heavy atom. The standard InChI is InChI=1S/C12H14ClN3O2/c1-2-15(7-3-6-14)9-10-8-11(16(17)18)4-5-12(10)13/h4-5,8H,2-3,7,9H2,1H3. The maximum atomic E-state index is 10.7. The van der Waals surface area contributed by atoms with Gasteiger partial charge < -0.3 is 0 Å². The van der Waals surface area contributed by atoms with Crippen molar-refractivity contribution in [3.05, 3.63) is 38.9 Å². The van der Waals surface area contributed by atoms with E-state index in [0.29, 0.717) is 30.1 Å². The molecule has 0 aliphatic carbocycles. The van der Waals surface area contributed by atoms with Gasteiger partial charge in [-0.1, -0.05) is 18.5 Å². The first-order valence-corrected chi connectivity index (χ1v) is 5.98. The van der Waals surface area contributed by atoms with Crippen LogP contribution in [0.1, 0.15) is 18.9 Å². The zero-order chi connectivity index (χ0) is 13.5. The zero-order valence-electron chi connectivity index (χ0n) is 10.1. The molecule has 0 fully saturated rings. The van der Waals surface area contributed by atoms with E-state index in [1.54, 1.807) is 0 Å². The second-order valence-corrected chi connectivity index (χ2v) is 4.22. The maximum Gasteiger partial charge on any atom is 0.269 e. The van der Waals surface area contributed by atoms with Crippen molar-refractivity contribution < 1.29 is 4.92 Å². The first kappa shape index (κ1) is 14.4. The Morgan fingerprint density at radius 3 is 2.83 bits per heavy atom. The van der Waals surface area contributed by atoms with Crippen molar-refractivity contribution in [2.75, 3.05) is 13.1 Å². The van der Waals surface area contributed by atoms with Gasteiger partial charge in [0.2, 0.25) is 0 Å². The third-order valence-corrected chi connectivity index (χ3v) is 2.99. The lowest BCUT2D eigenvalue weighted by atomic mass is 10.2. The highest BCUT2D eigenvalue weighted by Gasteiger charge is 2.12. The van der Waals surface area contributed by atoms with Crippen LogP contribution in [-0.2, 0) is 6.54 Å². The number of halogens is 1. The Morgan fingerprint density at radius 2 is 2.28 bits per heavy atom. The zero-order valence-corrected chi connectivity index (χ0v) is 10.9. The van der Waals surface area contributed by atoms with Crippen molar-refractivity contribution in [1.29, 1.82) is 5.26 Å². The van der Waals surface area contributed by atoms with E-state index >= 15 is 0 Å². The summed E-state index contributed by atoms with van der Waals surface area (Å²) in [6.07, 6.45) is 0.431. The lowest BCUT2D eigenvalue weighted by Crippen LogP contribution is -2.24. The summed E-state index contributed by atoms with van der Waals surface area (Å²) in [5.74, 6) is 0. The number of rotatable bonds is 6. The lowest BCUT2D eigenvalue weighted by molar-refractivity contribution is -0.384. The summed E-state index contributed by atoms with van der Waals surface area (Å²) in [7, 11) is 0. The van der Waals surface area contributed by atoms with Gasteiger partial charge in [-0.05, 0) is 18.2 Å². The molecule has 0 aromatic heterocycles. The quantitative estimate of drug-likeness (QED) is 0.587. The van der Waals surface area contributed by atoms with Gasteiger partial charge in [-0.25, -0.2) is 0 Å². The van der Waals surface area contributed by atoms with E-state index in [1.165, 1.54) is 18.2 Å². The van der Waals surface area contributed by atoms with Crippen molar-refractivity contribution in [1.82, 2.24) is 4.90 Å². The molecular weight excluding hydrogens is 254 g/mol. The molecule has 0 amide bonds. The first-order valence-electron chi connectivity index (χ1n) is 5.60. The van der Waals surface area contributed by atoms with E-state index in [2.05, 4.69) is 6.07 Å². The predicted octanol–water partition coefficient (Wildman–Crippen LogP) is 2.98. The summed E-state index contributed by atoms with van der Waals surface area (Å²) in [5, 5.41) is 19.8. The van der Waals surface area contributed by atoms with E-state index in [0.717, 1.165) is 6.54 Å². The molecule has 0 bridgehead atoms. The van der Waals surface area contributed by atoms with Crippen molar-refractivity contribution in [2.45, 2.75) is 19.9 Å². The second-order valence-electron chi connectivity index (χ2n) is 3.81. The van der Waals surface area contributed by atoms with Crippen LogP contribution in [0.15, 0.2) is 18.2 Å². The SMILES string of the molecule is CCN(CCC#N)Cc1cc([N+](=O)[O-])ccc1Cl. The molecular formula is C12H14ClN3O2. The van der Waals surface area contributed by atoms with Gasteiger partial charge in [0.1, 0.15) is 0 Å². The molecule has 0 radical (unpaired) electrons. The minimum atomic E-state index is -0.439. The summed E-state index contributed by atoms with van der Waals surface area (Å²) in [6, 6.07) is 6.48. The molecule has 5 nitrogen and oxygen atoms in total. The van der Waals surface area contributed by atoms with Crippen LogP contribution in [0.5, 0.6) is 0 Å². The van der Waals surface area contributed by atoms with E-state index < -0.39 is 4.92 Å². The first-order chi connectivity index (χ1) is 8.58. The van der Waals surface area contributed by atoms with E-state index in [-0.39, 0.29) is 5.69 Å². The highest BCUT2D eigenvalue weighted by atomic mass is 35.5. The van der Waals surface area contributed by atoms with Gasteiger partial charge in [0.05, 0.1) is 11.0 Å². The smallest absolute Gasteiger partial charge is 0.269 e. The third-order valence-electron chi connectivity index (χ3n) is 2.62. The summed E-state index contributed by atoms with van der Waals surface area (Å²) in [5.41, 5.74) is 0.747. The van der Waals surface area contributed by atoms with Crippen molar-refractivity contribution >= 4 is 17.3 Å². The van der Waals surface area contributed by atoms with Crippen LogP contribution in [-0.4, -0.2) is 22.9 Å².